The Bertz CT molecular complexity index is 367. The van der Waals surface area contributed by atoms with Crippen LogP contribution in [0.5, 0.6) is 0 Å². The van der Waals surface area contributed by atoms with E-state index in [1.165, 1.54) is 30.4 Å². The van der Waals surface area contributed by atoms with Crippen LogP contribution in [-0.4, -0.2) is 5.48 Å². The van der Waals surface area contributed by atoms with Gasteiger partial charge in [-0.15, -0.1) is 0 Å². The molecule has 16 heavy (non-hydrogen) atoms. The summed E-state index contributed by atoms with van der Waals surface area (Å²) in [7, 11) is 0. The molecule has 0 saturated carbocycles. The fourth-order valence-corrected chi connectivity index (χ4v) is 2.16. The van der Waals surface area contributed by atoms with E-state index in [2.05, 4.69) is 44.6 Å². The van der Waals surface area contributed by atoms with Gasteiger partial charge in [0.1, 0.15) is 0 Å². The van der Waals surface area contributed by atoms with Crippen LogP contribution in [-0.2, 0) is 0 Å². The topological polar surface area (TPSA) is 31.5 Å². The molecule has 0 heterocycles. The SMILES string of the molecule is CCC1=CC=C(CC2=CC(C)=C[CH]2)CC1.O. The molecule has 0 aromatic rings. The van der Waals surface area contributed by atoms with Crippen LogP contribution in [0.15, 0.2) is 46.6 Å². The third kappa shape index (κ3) is 3.21. The molecule has 0 aromatic carbocycles. The Balaban J connectivity index is 0.00000128. The van der Waals surface area contributed by atoms with Crippen LogP contribution in [0, 0.1) is 6.42 Å². The predicted octanol–water partition coefficient (Wildman–Crippen LogP) is 3.70. The third-order valence-electron chi connectivity index (χ3n) is 3.18. The number of hydrogen-bond acceptors (Lipinski definition) is 0. The standard InChI is InChI=1S/C15H19.H2O/c1-3-13-6-8-14(9-7-13)11-15-5-4-12(2)10-15;/h4-6,8,10H,3,7,9,11H2,1-2H3;1H2. The smallest absolute Gasteiger partial charge is 0.00896 e. The van der Waals surface area contributed by atoms with E-state index in [9.17, 15) is 0 Å². The van der Waals surface area contributed by atoms with Crippen molar-refractivity contribution < 1.29 is 5.48 Å². The predicted molar refractivity (Wildman–Crippen MR) is 70.1 cm³/mol. The fourth-order valence-electron chi connectivity index (χ4n) is 2.16. The van der Waals surface area contributed by atoms with Crippen molar-refractivity contribution in [3.05, 3.63) is 53.0 Å². The Morgan fingerprint density at radius 3 is 2.25 bits per heavy atom. The van der Waals surface area contributed by atoms with Crippen LogP contribution in [0.4, 0.5) is 0 Å². The zero-order chi connectivity index (χ0) is 10.7. The van der Waals surface area contributed by atoms with E-state index in [0.717, 1.165) is 6.42 Å². The second-order valence-corrected chi connectivity index (χ2v) is 4.48. The molecule has 0 amide bonds. The highest BCUT2D eigenvalue weighted by Gasteiger charge is 2.09. The average Bonchev–Trinajstić information content (AvgIpc) is 2.65. The van der Waals surface area contributed by atoms with Gasteiger partial charge in [-0.1, -0.05) is 53.5 Å². The van der Waals surface area contributed by atoms with Gasteiger partial charge >= 0.3 is 0 Å². The maximum atomic E-state index is 2.32. The molecule has 2 N–H and O–H groups in total. The van der Waals surface area contributed by atoms with Crippen molar-refractivity contribution in [2.75, 3.05) is 0 Å². The van der Waals surface area contributed by atoms with E-state index in [4.69, 9.17) is 0 Å². The molecule has 0 atom stereocenters. The molecule has 0 spiro atoms. The first-order valence-corrected chi connectivity index (χ1v) is 5.87. The molecule has 0 bridgehead atoms. The molecule has 1 nitrogen and oxygen atoms in total. The van der Waals surface area contributed by atoms with Gasteiger partial charge in [0, 0.05) is 6.42 Å². The number of allylic oxidation sites excluding steroid dienone is 8. The quantitative estimate of drug-likeness (QED) is 0.690. The van der Waals surface area contributed by atoms with Gasteiger partial charge in [-0.3, -0.25) is 0 Å². The average molecular weight is 217 g/mol. The van der Waals surface area contributed by atoms with Gasteiger partial charge in [0.05, 0.1) is 0 Å². The summed E-state index contributed by atoms with van der Waals surface area (Å²) in [6.45, 7) is 4.40. The van der Waals surface area contributed by atoms with Crippen LogP contribution < -0.4 is 0 Å². The lowest BCUT2D eigenvalue weighted by atomic mass is 9.92. The normalized spacial score (nSPS) is 19.4. The van der Waals surface area contributed by atoms with Gasteiger partial charge in [-0.2, -0.15) is 0 Å². The summed E-state index contributed by atoms with van der Waals surface area (Å²) in [5.41, 5.74) is 6.02. The van der Waals surface area contributed by atoms with Crippen LogP contribution in [0.1, 0.15) is 39.5 Å². The highest BCUT2D eigenvalue weighted by atomic mass is 16.0. The molecule has 0 aliphatic heterocycles. The minimum atomic E-state index is 0. The lowest BCUT2D eigenvalue weighted by Crippen LogP contribution is -1.94. The molecular formula is C15H21O. The van der Waals surface area contributed by atoms with Gasteiger partial charge in [0.15, 0.2) is 0 Å². The van der Waals surface area contributed by atoms with E-state index < -0.39 is 0 Å². The maximum absolute atomic E-state index is 2.32. The lowest BCUT2D eigenvalue weighted by molar-refractivity contribution is 0.824. The Kier molecular flexibility index (Phi) is 4.75. The van der Waals surface area contributed by atoms with Crippen LogP contribution in [0.2, 0.25) is 0 Å². The van der Waals surface area contributed by atoms with Gasteiger partial charge < -0.3 is 5.48 Å². The van der Waals surface area contributed by atoms with Gasteiger partial charge in [0.25, 0.3) is 0 Å². The van der Waals surface area contributed by atoms with Crippen LogP contribution in [0.25, 0.3) is 0 Å². The lowest BCUT2D eigenvalue weighted by Gasteiger charge is -2.13. The molecule has 0 fully saturated rings. The van der Waals surface area contributed by atoms with Crippen molar-refractivity contribution in [3.63, 3.8) is 0 Å². The van der Waals surface area contributed by atoms with Crippen molar-refractivity contribution in [2.24, 2.45) is 0 Å². The van der Waals surface area contributed by atoms with Crippen molar-refractivity contribution >= 4 is 0 Å². The van der Waals surface area contributed by atoms with Crippen molar-refractivity contribution in [3.8, 4) is 0 Å². The largest absolute Gasteiger partial charge is 0.412 e. The molecule has 2 aliphatic rings. The van der Waals surface area contributed by atoms with Crippen molar-refractivity contribution in [1.82, 2.24) is 0 Å². The summed E-state index contributed by atoms with van der Waals surface area (Å²) in [6, 6.07) is 0. The van der Waals surface area contributed by atoms with E-state index >= 15 is 0 Å². The molecule has 0 saturated heterocycles. The minimum absolute atomic E-state index is 0. The van der Waals surface area contributed by atoms with Crippen molar-refractivity contribution in [2.45, 2.75) is 39.5 Å². The summed E-state index contributed by atoms with van der Waals surface area (Å²) in [5, 5.41) is 0. The molecule has 0 aromatic heterocycles. The highest BCUT2D eigenvalue weighted by molar-refractivity contribution is 5.42. The van der Waals surface area contributed by atoms with Crippen LogP contribution >= 0.6 is 0 Å². The highest BCUT2D eigenvalue weighted by Crippen LogP contribution is 2.28. The number of rotatable bonds is 3. The summed E-state index contributed by atoms with van der Waals surface area (Å²) < 4.78 is 0. The minimum Gasteiger partial charge on any atom is -0.412 e. The van der Waals surface area contributed by atoms with Crippen molar-refractivity contribution in [1.29, 1.82) is 0 Å². The molecule has 2 rings (SSSR count). The number of hydrogen-bond donors (Lipinski definition) is 0. The van der Waals surface area contributed by atoms with Gasteiger partial charge in [-0.05, 0) is 32.6 Å². The molecule has 87 valence electrons. The van der Waals surface area contributed by atoms with Gasteiger partial charge in [-0.25, -0.2) is 0 Å². The summed E-state index contributed by atoms with van der Waals surface area (Å²) >= 11 is 0. The van der Waals surface area contributed by atoms with E-state index in [-0.39, 0.29) is 5.48 Å². The summed E-state index contributed by atoms with van der Waals surface area (Å²) in [4.78, 5) is 0. The fraction of sp³-hybridized carbons (Fsp3) is 0.400. The molecule has 2 aliphatic carbocycles. The Morgan fingerprint density at radius 2 is 1.75 bits per heavy atom. The second kappa shape index (κ2) is 5.86. The second-order valence-electron chi connectivity index (χ2n) is 4.48. The van der Waals surface area contributed by atoms with Gasteiger partial charge in [0.2, 0.25) is 0 Å². The molecular weight excluding hydrogens is 196 g/mol. The zero-order valence-corrected chi connectivity index (χ0v) is 10.2. The van der Waals surface area contributed by atoms with Crippen LogP contribution in [0.3, 0.4) is 0 Å². The third-order valence-corrected chi connectivity index (χ3v) is 3.18. The zero-order valence-electron chi connectivity index (χ0n) is 10.2. The molecule has 1 heteroatoms. The van der Waals surface area contributed by atoms with E-state index in [1.807, 2.05) is 0 Å². The van der Waals surface area contributed by atoms with E-state index in [0.29, 0.717) is 0 Å². The first kappa shape index (κ1) is 13.0. The monoisotopic (exact) mass is 217 g/mol. The molecule has 1 radical (unpaired) electrons. The summed E-state index contributed by atoms with van der Waals surface area (Å²) in [6.07, 6.45) is 16.2. The molecule has 0 unspecified atom stereocenters. The first-order valence-electron chi connectivity index (χ1n) is 5.87. The Labute approximate surface area is 98.6 Å². The summed E-state index contributed by atoms with van der Waals surface area (Å²) in [5.74, 6) is 0. The maximum Gasteiger partial charge on any atom is 0.00896 e. The Hall–Kier alpha value is -1.08. The Morgan fingerprint density at radius 1 is 1.06 bits per heavy atom. The van der Waals surface area contributed by atoms with E-state index in [1.54, 1.807) is 11.1 Å². The first-order chi connectivity index (χ1) is 7.28.